The Kier molecular flexibility index (Phi) is 4.49. The SMILES string of the molecule is NC(=O)c1cc[n+](CC(=O)N2CCCCCC2)cc1. The van der Waals surface area contributed by atoms with Crippen molar-refractivity contribution in [3.05, 3.63) is 30.1 Å². The molecule has 5 heteroatoms. The fourth-order valence-corrected chi connectivity index (χ4v) is 2.30. The van der Waals surface area contributed by atoms with Crippen molar-refractivity contribution in [2.75, 3.05) is 13.1 Å². The molecule has 2 amide bonds. The smallest absolute Gasteiger partial charge is 0.288 e. The van der Waals surface area contributed by atoms with Crippen molar-refractivity contribution in [2.45, 2.75) is 32.2 Å². The van der Waals surface area contributed by atoms with Gasteiger partial charge in [-0.1, -0.05) is 12.8 Å². The van der Waals surface area contributed by atoms with Crippen molar-refractivity contribution >= 4 is 11.8 Å². The number of rotatable bonds is 3. The van der Waals surface area contributed by atoms with Gasteiger partial charge in [0.25, 0.3) is 5.91 Å². The molecule has 5 nitrogen and oxygen atoms in total. The predicted molar refractivity (Wildman–Crippen MR) is 70.2 cm³/mol. The molecule has 1 aromatic rings. The Morgan fingerprint density at radius 3 is 2.21 bits per heavy atom. The van der Waals surface area contributed by atoms with E-state index in [1.807, 2.05) is 4.90 Å². The molecule has 0 spiro atoms. The number of nitrogens with two attached hydrogens (primary N) is 1. The van der Waals surface area contributed by atoms with Gasteiger partial charge in [-0.3, -0.25) is 9.59 Å². The predicted octanol–water partition coefficient (Wildman–Crippen LogP) is 0.476. The monoisotopic (exact) mass is 262 g/mol. The summed E-state index contributed by atoms with van der Waals surface area (Å²) in [6.07, 6.45) is 8.05. The lowest BCUT2D eigenvalue weighted by Gasteiger charge is -2.18. The molecule has 2 rings (SSSR count). The number of carbonyl (C=O) groups excluding carboxylic acids is 2. The number of pyridine rings is 1. The van der Waals surface area contributed by atoms with Crippen LogP contribution in [0.4, 0.5) is 0 Å². The lowest BCUT2D eigenvalue weighted by molar-refractivity contribution is -0.685. The number of aromatic nitrogens is 1. The van der Waals surface area contributed by atoms with Crippen molar-refractivity contribution in [3.8, 4) is 0 Å². The largest absolute Gasteiger partial charge is 0.366 e. The van der Waals surface area contributed by atoms with Gasteiger partial charge in [0.05, 0.1) is 5.56 Å². The van der Waals surface area contributed by atoms with E-state index in [0.29, 0.717) is 12.1 Å². The summed E-state index contributed by atoms with van der Waals surface area (Å²) < 4.78 is 1.78. The molecule has 1 aliphatic heterocycles. The summed E-state index contributed by atoms with van der Waals surface area (Å²) in [5.74, 6) is -0.315. The van der Waals surface area contributed by atoms with Gasteiger partial charge in [0.2, 0.25) is 12.5 Å². The topological polar surface area (TPSA) is 67.3 Å². The zero-order chi connectivity index (χ0) is 13.7. The molecular formula is C14H20N3O2+. The second-order valence-electron chi connectivity index (χ2n) is 4.92. The summed E-state index contributed by atoms with van der Waals surface area (Å²) in [7, 11) is 0. The molecule has 102 valence electrons. The fourth-order valence-electron chi connectivity index (χ4n) is 2.30. The van der Waals surface area contributed by atoms with Crippen molar-refractivity contribution in [3.63, 3.8) is 0 Å². The lowest BCUT2D eigenvalue weighted by Crippen LogP contribution is -2.44. The van der Waals surface area contributed by atoms with E-state index in [0.717, 1.165) is 25.9 Å². The van der Waals surface area contributed by atoms with E-state index in [1.165, 1.54) is 12.8 Å². The van der Waals surface area contributed by atoms with Gasteiger partial charge in [-0.25, -0.2) is 0 Å². The first kappa shape index (κ1) is 13.5. The Morgan fingerprint density at radius 1 is 1.11 bits per heavy atom. The first-order valence-corrected chi connectivity index (χ1v) is 6.73. The molecule has 1 aromatic heterocycles. The van der Waals surface area contributed by atoms with Gasteiger partial charge in [-0.2, -0.15) is 4.57 Å². The summed E-state index contributed by atoms with van der Waals surface area (Å²) in [4.78, 5) is 25.0. The van der Waals surface area contributed by atoms with Crippen LogP contribution in [0.15, 0.2) is 24.5 Å². The van der Waals surface area contributed by atoms with Gasteiger partial charge in [0.1, 0.15) is 0 Å². The van der Waals surface area contributed by atoms with Crippen LogP contribution in [0.3, 0.4) is 0 Å². The quantitative estimate of drug-likeness (QED) is 0.805. The molecule has 0 radical (unpaired) electrons. The molecule has 2 heterocycles. The molecule has 0 atom stereocenters. The standard InChI is InChI=1S/C14H19N3O2/c15-14(19)12-5-9-16(10-6-12)11-13(18)17-7-3-1-2-4-8-17/h5-6,9-10H,1-4,7-8,11H2,(H-,15,19)/p+1. The minimum Gasteiger partial charge on any atom is -0.366 e. The van der Waals surface area contributed by atoms with Crippen LogP contribution in [-0.2, 0) is 11.3 Å². The van der Waals surface area contributed by atoms with E-state index >= 15 is 0 Å². The van der Waals surface area contributed by atoms with Gasteiger partial charge in [-0.05, 0) is 12.8 Å². The molecule has 2 N–H and O–H groups in total. The maximum absolute atomic E-state index is 12.2. The normalized spacial score (nSPS) is 15.9. The maximum atomic E-state index is 12.2. The first-order valence-electron chi connectivity index (χ1n) is 6.73. The molecule has 0 aliphatic carbocycles. The average Bonchev–Trinajstić information content (AvgIpc) is 2.68. The highest BCUT2D eigenvalue weighted by atomic mass is 16.2. The third-order valence-corrected chi connectivity index (χ3v) is 3.45. The second kappa shape index (κ2) is 6.31. The number of nitrogens with zero attached hydrogens (tertiary/aromatic N) is 2. The number of hydrogen-bond acceptors (Lipinski definition) is 2. The van der Waals surface area contributed by atoms with Crippen LogP contribution >= 0.6 is 0 Å². The van der Waals surface area contributed by atoms with Crippen molar-refractivity contribution < 1.29 is 14.2 Å². The van der Waals surface area contributed by atoms with Crippen molar-refractivity contribution in [1.29, 1.82) is 0 Å². The fraction of sp³-hybridized carbons (Fsp3) is 0.500. The third kappa shape index (κ3) is 3.77. The van der Waals surface area contributed by atoms with E-state index in [2.05, 4.69) is 0 Å². The number of hydrogen-bond donors (Lipinski definition) is 1. The van der Waals surface area contributed by atoms with Gasteiger partial charge in [0, 0.05) is 25.2 Å². The Bertz CT molecular complexity index is 448. The zero-order valence-electron chi connectivity index (χ0n) is 11.0. The Balaban J connectivity index is 1.95. The molecular weight excluding hydrogens is 242 g/mol. The minimum atomic E-state index is -0.453. The molecule has 1 saturated heterocycles. The maximum Gasteiger partial charge on any atom is 0.288 e. The molecule has 0 unspecified atom stereocenters. The molecule has 1 aliphatic rings. The highest BCUT2D eigenvalue weighted by Crippen LogP contribution is 2.09. The second-order valence-corrected chi connectivity index (χ2v) is 4.92. The number of primary amides is 1. The van der Waals surface area contributed by atoms with E-state index < -0.39 is 5.91 Å². The van der Waals surface area contributed by atoms with E-state index in [9.17, 15) is 9.59 Å². The lowest BCUT2D eigenvalue weighted by atomic mass is 10.2. The van der Waals surface area contributed by atoms with Crippen LogP contribution in [0.5, 0.6) is 0 Å². The molecule has 0 aromatic carbocycles. The molecule has 0 saturated carbocycles. The van der Waals surface area contributed by atoms with Crippen LogP contribution in [-0.4, -0.2) is 29.8 Å². The molecule has 19 heavy (non-hydrogen) atoms. The third-order valence-electron chi connectivity index (χ3n) is 3.45. The average molecular weight is 262 g/mol. The Morgan fingerprint density at radius 2 is 1.68 bits per heavy atom. The van der Waals surface area contributed by atoms with Gasteiger partial charge in [0.15, 0.2) is 12.4 Å². The minimum absolute atomic E-state index is 0.138. The summed E-state index contributed by atoms with van der Waals surface area (Å²) in [6.45, 7) is 2.04. The van der Waals surface area contributed by atoms with E-state index in [4.69, 9.17) is 5.73 Å². The van der Waals surface area contributed by atoms with Crippen molar-refractivity contribution in [1.82, 2.24) is 4.90 Å². The van der Waals surface area contributed by atoms with Crippen LogP contribution in [0.25, 0.3) is 0 Å². The highest BCUT2D eigenvalue weighted by molar-refractivity contribution is 5.92. The molecule has 1 fully saturated rings. The van der Waals surface area contributed by atoms with Crippen LogP contribution in [0.2, 0.25) is 0 Å². The summed E-state index contributed by atoms with van der Waals surface area (Å²) in [5.41, 5.74) is 5.63. The van der Waals surface area contributed by atoms with Crippen LogP contribution in [0.1, 0.15) is 36.0 Å². The summed E-state index contributed by atoms with van der Waals surface area (Å²) in [5, 5.41) is 0. The summed E-state index contributed by atoms with van der Waals surface area (Å²) in [6, 6.07) is 3.27. The van der Waals surface area contributed by atoms with E-state index in [1.54, 1.807) is 29.1 Å². The van der Waals surface area contributed by atoms with Gasteiger partial charge < -0.3 is 10.6 Å². The number of likely N-dealkylation sites (tertiary alicyclic amines) is 1. The van der Waals surface area contributed by atoms with Crippen LogP contribution in [0, 0.1) is 0 Å². The van der Waals surface area contributed by atoms with Crippen molar-refractivity contribution in [2.24, 2.45) is 5.73 Å². The number of amides is 2. The van der Waals surface area contributed by atoms with E-state index in [-0.39, 0.29) is 5.91 Å². The molecule has 0 bridgehead atoms. The van der Waals surface area contributed by atoms with Crippen LogP contribution < -0.4 is 10.3 Å². The zero-order valence-corrected chi connectivity index (χ0v) is 11.0. The highest BCUT2D eigenvalue weighted by Gasteiger charge is 2.19. The Labute approximate surface area is 113 Å². The van der Waals surface area contributed by atoms with Gasteiger partial charge in [-0.15, -0.1) is 0 Å². The Hall–Kier alpha value is -1.91. The van der Waals surface area contributed by atoms with Gasteiger partial charge >= 0.3 is 0 Å². The summed E-state index contributed by atoms with van der Waals surface area (Å²) >= 11 is 0. The number of carbonyl (C=O) groups is 2. The first-order chi connectivity index (χ1) is 9.16.